The molecular weight excluding hydrogens is 260 g/mol. The quantitative estimate of drug-likeness (QED) is 0.887. The number of carboxylic acid groups (broad SMARTS) is 1. The number of benzene rings is 1. The normalized spacial score (nSPS) is 27.2. The molecule has 1 N–H and O–H groups in total. The maximum Gasteiger partial charge on any atom is 0.306 e. The number of halogens is 1. The molecule has 1 aromatic rings. The van der Waals surface area contributed by atoms with Crippen LogP contribution in [-0.2, 0) is 11.2 Å². The van der Waals surface area contributed by atoms with Crippen molar-refractivity contribution >= 4 is 17.6 Å². The molecular formula is C16H21ClO2. The Morgan fingerprint density at radius 2 is 2.11 bits per heavy atom. The van der Waals surface area contributed by atoms with Crippen LogP contribution in [0.25, 0.3) is 0 Å². The first-order valence-corrected chi connectivity index (χ1v) is 7.45. The summed E-state index contributed by atoms with van der Waals surface area (Å²) in [6.45, 7) is 2.19. The van der Waals surface area contributed by atoms with Gasteiger partial charge in [0.15, 0.2) is 0 Å². The average molecular weight is 281 g/mol. The molecule has 3 unspecified atom stereocenters. The number of rotatable bonds is 4. The van der Waals surface area contributed by atoms with Crippen molar-refractivity contribution in [3.05, 3.63) is 34.9 Å². The monoisotopic (exact) mass is 280 g/mol. The van der Waals surface area contributed by atoms with E-state index in [0.29, 0.717) is 5.92 Å². The van der Waals surface area contributed by atoms with Gasteiger partial charge in [-0.1, -0.05) is 43.1 Å². The Hall–Kier alpha value is -1.02. The van der Waals surface area contributed by atoms with Gasteiger partial charge in [-0.3, -0.25) is 4.79 Å². The fourth-order valence-corrected chi connectivity index (χ4v) is 3.44. The van der Waals surface area contributed by atoms with E-state index in [2.05, 4.69) is 6.92 Å². The standard InChI is InChI=1S/C16H21ClO2/c1-2-11-7-8-14(16(18)19)13(9-11)10-12-5-3-4-6-15(12)17/h3-6,11,13-14H,2,7-10H2,1H3,(H,18,19). The highest BCUT2D eigenvalue weighted by molar-refractivity contribution is 6.31. The van der Waals surface area contributed by atoms with Crippen molar-refractivity contribution in [2.75, 3.05) is 0 Å². The van der Waals surface area contributed by atoms with Gasteiger partial charge in [0.1, 0.15) is 0 Å². The summed E-state index contributed by atoms with van der Waals surface area (Å²) >= 11 is 6.19. The van der Waals surface area contributed by atoms with Gasteiger partial charge in [-0.15, -0.1) is 0 Å². The number of hydrogen-bond donors (Lipinski definition) is 1. The van der Waals surface area contributed by atoms with Crippen LogP contribution >= 0.6 is 11.6 Å². The molecule has 104 valence electrons. The van der Waals surface area contributed by atoms with Crippen molar-refractivity contribution in [1.29, 1.82) is 0 Å². The van der Waals surface area contributed by atoms with Crippen LogP contribution in [0.4, 0.5) is 0 Å². The Morgan fingerprint density at radius 3 is 2.74 bits per heavy atom. The van der Waals surface area contributed by atoms with Gasteiger partial charge < -0.3 is 5.11 Å². The molecule has 0 aromatic heterocycles. The number of aliphatic carboxylic acids is 1. The minimum atomic E-state index is -0.647. The summed E-state index contributed by atoms with van der Waals surface area (Å²) in [6.07, 6.45) is 4.80. The Kier molecular flexibility index (Phi) is 4.87. The van der Waals surface area contributed by atoms with Gasteiger partial charge in [0.2, 0.25) is 0 Å². The first-order chi connectivity index (χ1) is 9.11. The molecule has 1 aliphatic rings. The lowest BCUT2D eigenvalue weighted by Gasteiger charge is -2.33. The lowest BCUT2D eigenvalue weighted by atomic mass is 9.71. The highest BCUT2D eigenvalue weighted by Gasteiger charge is 2.34. The van der Waals surface area contributed by atoms with Gasteiger partial charge in [0.25, 0.3) is 0 Å². The Balaban J connectivity index is 2.13. The van der Waals surface area contributed by atoms with Crippen LogP contribution in [-0.4, -0.2) is 11.1 Å². The van der Waals surface area contributed by atoms with Crippen molar-refractivity contribution in [3.8, 4) is 0 Å². The van der Waals surface area contributed by atoms with Crippen molar-refractivity contribution < 1.29 is 9.90 Å². The van der Waals surface area contributed by atoms with Gasteiger partial charge in [0.05, 0.1) is 5.92 Å². The smallest absolute Gasteiger partial charge is 0.306 e. The maximum absolute atomic E-state index is 11.4. The number of carbonyl (C=O) groups is 1. The van der Waals surface area contributed by atoms with E-state index in [-0.39, 0.29) is 11.8 Å². The first kappa shape index (κ1) is 14.4. The third-order valence-corrected chi connectivity index (χ3v) is 4.79. The second-order valence-corrected chi connectivity index (χ2v) is 5.99. The molecule has 19 heavy (non-hydrogen) atoms. The van der Waals surface area contributed by atoms with Crippen LogP contribution in [0.1, 0.15) is 38.2 Å². The van der Waals surface area contributed by atoms with Gasteiger partial charge in [-0.25, -0.2) is 0 Å². The van der Waals surface area contributed by atoms with Crippen LogP contribution in [0.5, 0.6) is 0 Å². The fraction of sp³-hybridized carbons (Fsp3) is 0.562. The topological polar surface area (TPSA) is 37.3 Å². The molecule has 0 bridgehead atoms. The summed E-state index contributed by atoms with van der Waals surface area (Å²) in [4.78, 5) is 11.4. The zero-order chi connectivity index (χ0) is 13.8. The Labute approximate surface area is 119 Å². The van der Waals surface area contributed by atoms with Crippen LogP contribution in [0.3, 0.4) is 0 Å². The Morgan fingerprint density at radius 1 is 1.37 bits per heavy atom. The molecule has 1 fully saturated rings. The molecule has 0 amide bonds. The van der Waals surface area contributed by atoms with Crippen molar-refractivity contribution in [2.24, 2.45) is 17.8 Å². The second kappa shape index (κ2) is 6.42. The second-order valence-electron chi connectivity index (χ2n) is 5.59. The predicted molar refractivity (Wildman–Crippen MR) is 77.4 cm³/mol. The molecule has 2 nitrogen and oxygen atoms in total. The van der Waals surface area contributed by atoms with E-state index in [1.165, 1.54) is 0 Å². The average Bonchev–Trinajstić information content (AvgIpc) is 2.41. The SMILES string of the molecule is CCC1CCC(C(=O)O)C(Cc2ccccc2Cl)C1. The molecule has 0 aliphatic heterocycles. The highest BCUT2D eigenvalue weighted by Crippen LogP contribution is 2.38. The number of hydrogen-bond acceptors (Lipinski definition) is 1. The molecule has 0 spiro atoms. The summed E-state index contributed by atoms with van der Waals surface area (Å²) in [6, 6.07) is 7.77. The molecule has 2 rings (SSSR count). The summed E-state index contributed by atoms with van der Waals surface area (Å²) < 4.78 is 0. The van der Waals surface area contributed by atoms with Crippen LogP contribution in [0, 0.1) is 17.8 Å². The third kappa shape index (κ3) is 3.50. The van der Waals surface area contributed by atoms with Crippen LogP contribution in [0.15, 0.2) is 24.3 Å². The molecule has 1 aromatic carbocycles. The summed E-state index contributed by atoms with van der Waals surface area (Å²) in [7, 11) is 0. The minimum Gasteiger partial charge on any atom is -0.481 e. The fourth-order valence-electron chi connectivity index (χ4n) is 3.23. The molecule has 0 radical (unpaired) electrons. The van der Waals surface area contributed by atoms with E-state index in [9.17, 15) is 9.90 Å². The molecule has 0 heterocycles. The van der Waals surface area contributed by atoms with Gasteiger partial charge in [0, 0.05) is 5.02 Å². The molecule has 1 aliphatic carbocycles. The molecule has 0 saturated heterocycles. The highest BCUT2D eigenvalue weighted by atomic mass is 35.5. The van der Waals surface area contributed by atoms with Crippen LogP contribution < -0.4 is 0 Å². The zero-order valence-corrected chi connectivity index (χ0v) is 12.1. The van der Waals surface area contributed by atoms with Gasteiger partial charge in [-0.05, 0) is 49.1 Å². The maximum atomic E-state index is 11.4. The zero-order valence-electron chi connectivity index (χ0n) is 11.3. The largest absolute Gasteiger partial charge is 0.481 e. The lowest BCUT2D eigenvalue weighted by molar-refractivity contribution is -0.145. The molecule has 1 saturated carbocycles. The van der Waals surface area contributed by atoms with E-state index in [0.717, 1.165) is 42.7 Å². The van der Waals surface area contributed by atoms with E-state index in [4.69, 9.17) is 11.6 Å². The molecule has 3 atom stereocenters. The lowest BCUT2D eigenvalue weighted by Crippen LogP contribution is -2.32. The van der Waals surface area contributed by atoms with Crippen molar-refractivity contribution in [2.45, 2.75) is 39.0 Å². The first-order valence-electron chi connectivity index (χ1n) is 7.08. The molecule has 3 heteroatoms. The Bertz CT molecular complexity index is 444. The number of carboxylic acids is 1. The summed E-state index contributed by atoms with van der Waals surface area (Å²) in [5, 5.41) is 10.1. The van der Waals surface area contributed by atoms with E-state index in [1.807, 2.05) is 24.3 Å². The third-order valence-electron chi connectivity index (χ3n) is 4.43. The summed E-state index contributed by atoms with van der Waals surface area (Å²) in [5.41, 5.74) is 1.08. The van der Waals surface area contributed by atoms with E-state index >= 15 is 0 Å². The van der Waals surface area contributed by atoms with Gasteiger partial charge in [-0.2, -0.15) is 0 Å². The van der Waals surface area contributed by atoms with Crippen LogP contribution in [0.2, 0.25) is 5.02 Å². The predicted octanol–water partition coefficient (Wildman–Crippen LogP) is 4.41. The minimum absolute atomic E-state index is 0.209. The van der Waals surface area contributed by atoms with Crippen molar-refractivity contribution in [1.82, 2.24) is 0 Å². The van der Waals surface area contributed by atoms with Gasteiger partial charge >= 0.3 is 5.97 Å². The van der Waals surface area contributed by atoms with E-state index < -0.39 is 5.97 Å². The summed E-state index contributed by atoms with van der Waals surface area (Å²) in [5.74, 6) is 0.0323. The van der Waals surface area contributed by atoms with E-state index in [1.54, 1.807) is 0 Å². The van der Waals surface area contributed by atoms with Crippen molar-refractivity contribution in [3.63, 3.8) is 0 Å².